The molecule has 0 aromatic heterocycles. The highest BCUT2D eigenvalue weighted by atomic mass is 19.1. The van der Waals surface area contributed by atoms with Crippen LogP contribution in [-0.2, 0) is 4.79 Å². The molecule has 0 bridgehead atoms. The highest BCUT2D eigenvalue weighted by molar-refractivity contribution is 5.92. The Kier molecular flexibility index (Phi) is 4.50. The third kappa shape index (κ3) is 4.31. The third-order valence-electron chi connectivity index (χ3n) is 2.55. The first-order chi connectivity index (χ1) is 10.0. The van der Waals surface area contributed by atoms with Crippen molar-refractivity contribution in [2.24, 2.45) is 0 Å². The van der Waals surface area contributed by atoms with E-state index < -0.39 is 17.7 Å². The van der Waals surface area contributed by atoms with Crippen LogP contribution in [0, 0.1) is 5.82 Å². The number of carboxylic acid groups (broad SMARTS) is 1. The fraction of sp³-hybridized carbons (Fsp3) is 0.0667. The van der Waals surface area contributed by atoms with Crippen molar-refractivity contribution in [2.45, 2.75) is 0 Å². The van der Waals surface area contributed by atoms with Crippen LogP contribution in [-0.4, -0.2) is 23.6 Å². The van der Waals surface area contributed by atoms with Crippen LogP contribution < -0.4 is 10.1 Å². The maximum atomic E-state index is 13.2. The molecule has 0 aliphatic carbocycles. The van der Waals surface area contributed by atoms with Crippen LogP contribution in [0.5, 0.6) is 5.75 Å². The van der Waals surface area contributed by atoms with E-state index in [0.717, 1.165) is 18.2 Å². The lowest BCUT2D eigenvalue weighted by Crippen LogP contribution is -2.20. The van der Waals surface area contributed by atoms with E-state index in [1.54, 1.807) is 24.3 Å². The van der Waals surface area contributed by atoms with Gasteiger partial charge in [0.25, 0.3) is 5.91 Å². The van der Waals surface area contributed by atoms with Crippen molar-refractivity contribution in [3.05, 3.63) is 59.9 Å². The molecule has 0 saturated carbocycles. The van der Waals surface area contributed by atoms with Crippen molar-refractivity contribution in [1.29, 1.82) is 0 Å². The van der Waals surface area contributed by atoms with E-state index >= 15 is 0 Å². The number of rotatable bonds is 5. The molecule has 0 fully saturated rings. The van der Waals surface area contributed by atoms with Crippen molar-refractivity contribution >= 4 is 17.6 Å². The first-order valence-electron chi connectivity index (χ1n) is 6.06. The molecular formula is C15H12FNO4. The fourth-order valence-corrected chi connectivity index (χ4v) is 1.64. The minimum absolute atomic E-state index is 0.0180. The van der Waals surface area contributed by atoms with E-state index in [0.29, 0.717) is 5.69 Å². The predicted octanol–water partition coefficient (Wildman–Crippen LogP) is 2.54. The smallest absolute Gasteiger partial charge is 0.335 e. The SMILES string of the molecule is O=C(COc1cc(F)cc(C(=O)O)c1)Nc1ccccc1. The number of carbonyl (C=O) groups excluding carboxylic acids is 1. The number of amides is 1. The van der Waals surface area contributed by atoms with E-state index in [1.165, 1.54) is 0 Å². The Morgan fingerprint density at radius 1 is 1.14 bits per heavy atom. The number of halogens is 1. The van der Waals surface area contributed by atoms with Gasteiger partial charge in [0.15, 0.2) is 6.61 Å². The Balaban J connectivity index is 1.96. The minimum atomic E-state index is -1.27. The van der Waals surface area contributed by atoms with E-state index in [9.17, 15) is 14.0 Å². The summed E-state index contributed by atoms with van der Waals surface area (Å²) in [5.74, 6) is -2.46. The van der Waals surface area contributed by atoms with E-state index in [-0.39, 0.29) is 17.9 Å². The van der Waals surface area contributed by atoms with Gasteiger partial charge < -0.3 is 15.2 Å². The zero-order chi connectivity index (χ0) is 15.2. The Morgan fingerprint density at radius 3 is 2.52 bits per heavy atom. The number of carboxylic acids is 1. The summed E-state index contributed by atoms with van der Waals surface area (Å²) < 4.78 is 18.3. The van der Waals surface area contributed by atoms with Gasteiger partial charge in [0, 0.05) is 11.8 Å². The van der Waals surface area contributed by atoms with Gasteiger partial charge in [-0.15, -0.1) is 0 Å². The molecule has 2 aromatic carbocycles. The van der Waals surface area contributed by atoms with Crippen molar-refractivity contribution in [3.63, 3.8) is 0 Å². The Labute approximate surface area is 120 Å². The molecule has 0 heterocycles. The molecular weight excluding hydrogens is 277 g/mol. The molecule has 6 heteroatoms. The molecule has 0 aliphatic rings. The van der Waals surface area contributed by atoms with Gasteiger partial charge in [0.2, 0.25) is 0 Å². The summed E-state index contributed by atoms with van der Waals surface area (Å²) in [5, 5.41) is 11.4. The standard InChI is InChI=1S/C15H12FNO4/c16-11-6-10(15(19)20)7-13(8-11)21-9-14(18)17-12-4-2-1-3-5-12/h1-8H,9H2,(H,17,18)(H,19,20). The first-order valence-corrected chi connectivity index (χ1v) is 6.06. The topological polar surface area (TPSA) is 75.6 Å². The minimum Gasteiger partial charge on any atom is -0.484 e. The normalized spacial score (nSPS) is 9.95. The highest BCUT2D eigenvalue weighted by Crippen LogP contribution is 2.16. The first kappa shape index (κ1) is 14.5. The zero-order valence-electron chi connectivity index (χ0n) is 10.9. The number of ether oxygens (including phenoxy) is 1. The summed E-state index contributed by atoms with van der Waals surface area (Å²) in [6.45, 7) is -0.350. The predicted molar refractivity (Wildman–Crippen MR) is 73.9 cm³/mol. The lowest BCUT2D eigenvalue weighted by atomic mass is 10.2. The molecule has 0 unspecified atom stereocenters. The third-order valence-corrected chi connectivity index (χ3v) is 2.55. The van der Waals surface area contributed by atoms with Gasteiger partial charge in [-0.2, -0.15) is 0 Å². The van der Waals surface area contributed by atoms with Gasteiger partial charge in [0.05, 0.1) is 5.56 Å². The number of anilines is 1. The van der Waals surface area contributed by atoms with Crippen LogP contribution in [0.4, 0.5) is 10.1 Å². The van der Waals surface area contributed by atoms with Crippen molar-refractivity contribution in [2.75, 3.05) is 11.9 Å². The van der Waals surface area contributed by atoms with Crippen LogP contribution in [0.1, 0.15) is 10.4 Å². The molecule has 0 spiro atoms. The second kappa shape index (κ2) is 6.51. The molecule has 1 amide bonds. The molecule has 0 atom stereocenters. The summed E-state index contributed by atoms with van der Waals surface area (Å²) in [7, 11) is 0. The average Bonchev–Trinajstić information content (AvgIpc) is 2.45. The number of para-hydroxylation sites is 1. The second-order valence-corrected chi connectivity index (χ2v) is 4.18. The Bertz CT molecular complexity index is 658. The van der Waals surface area contributed by atoms with Gasteiger partial charge in [-0.1, -0.05) is 18.2 Å². The molecule has 0 saturated heterocycles. The van der Waals surface area contributed by atoms with E-state index in [2.05, 4.69) is 5.32 Å². The average molecular weight is 289 g/mol. The Morgan fingerprint density at radius 2 is 1.86 bits per heavy atom. The van der Waals surface area contributed by atoms with Crippen LogP contribution in [0.3, 0.4) is 0 Å². The summed E-state index contributed by atoms with van der Waals surface area (Å²) in [6, 6.07) is 11.8. The van der Waals surface area contributed by atoms with Crippen molar-refractivity contribution in [1.82, 2.24) is 0 Å². The van der Waals surface area contributed by atoms with Gasteiger partial charge in [0.1, 0.15) is 11.6 Å². The van der Waals surface area contributed by atoms with E-state index in [1.807, 2.05) is 6.07 Å². The Hall–Kier alpha value is -2.89. The lowest BCUT2D eigenvalue weighted by molar-refractivity contribution is -0.118. The molecule has 5 nitrogen and oxygen atoms in total. The van der Waals surface area contributed by atoms with Crippen molar-refractivity contribution in [3.8, 4) is 5.75 Å². The number of benzene rings is 2. The monoisotopic (exact) mass is 289 g/mol. The number of hydrogen-bond acceptors (Lipinski definition) is 3. The van der Waals surface area contributed by atoms with Crippen LogP contribution in [0.2, 0.25) is 0 Å². The fourth-order valence-electron chi connectivity index (χ4n) is 1.64. The zero-order valence-corrected chi connectivity index (χ0v) is 10.9. The quantitative estimate of drug-likeness (QED) is 0.887. The number of nitrogens with one attached hydrogen (secondary N) is 1. The molecule has 0 aliphatic heterocycles. The van der Waals surface area contributed by atoms with Crippen LogP contribution in [0.25, 0.3) is 0 Å². The molecule has 108 valence electrons. The summed E-state index contributed by atoms with van der Waals surface area (Å²) in [4.78, 5) is 22.4. The number of hydrogen-bond donors (Lipinski definition) is 2. The second-order valence-electron chi connectivity index (χ2n) is 4.18. The van der Waals surface area contributed by atoms with Crippen molar-refractivity contribution < 1.29 is 23.8 Å². The molecule has 2 aromatic rings. The summed E-state index contributed by atoms with van der Waals surface area (Å²) >= 11 is 0. The van der Waals surface area contributed by atoms with Gasteiger partial charge in [-0.25, -0.2) is 9.18 Å². The van der Waals surface area contributed by atoms with Gasteiger partial charge in [-0.3, -0.25) is 4.79 Å². The van der Waals surface area contributed by atoms with Gasteiger partial charge >= 0.3 is 5.97 Å². The largest absolute Gasteiger partial charge is 0.484 e. The molecule has 21 heavy (non-hydrogen) atoms. The summed E-state index contributed by atoms with van der Waals surface area (Å²) in [5.41, 5.74) is 0.366. The van der Waals surface area contributed by atoms with Gasteiger partial charge in [-0.05, 0) is 24.3 Å². The van der Waals surface area contributed by atoms with Crippen LogP contribution in [0.15, 0.2) is 48.5 Å². The highest BCUT2D eigenvalue weighted by Gasteiger charge is 2.09. The van der Waals surface area contributed by atoms with Crippen LogP contribution >= 0.6 is 0 Å². The maximum Gasteiger partial charge on any atom is 0.335 e. The number of aromatic carboxylic acids is 1. The molecule has 2 rings (SSSR count). The van der Waals surface area contributed by atoms with E-state index in [4.69, 9.17) is 9.84 Å². The molecule has 0 radical (unpaired) electrons. The maximum absolute atomic E-state index is 13.2. The number of carbonyl (C=O) groups is 2. The lowest BCUT2D eigenvalue weighted by Gasteiger charge is -2.08. The summed E-state index contributed by atoms with van der Waals surface area (Å²) in [6.07, 6.45) is 0. The molecule has 2 N–H and O–H groups in total.